The number of rotatable bonds is 6. The van der Waals surface area contributed by atoms with Crippen LogP contribution in [0.5, 0.6) is 0 Å². The Morgan fingerprint density at radius 1 is 1.10 bits per heavy atom. The molecule has 7 heteroatoms. The maximum Gasteiger partial charge on any atom is 0.234 e. The minimum absolute atomic E-state index is 0.170. The molecule has 5 nitrogen and oxygen atoms in total. The van der Waals surface area contributed by atoms with Crippen molar-refractivity contribution >= 4 is 34.4 Å². The molecule has 4 aromatic rings. The van der Waals surface area contributed by atoms with Crippen molar-refractivity contribution in [3.05, 3.63) is 89.7 Å². The smallest absolute Gasteiger partial charge is 0.234 e. The zero-order valence-corrected chi connectivity index (χ0v) is 16.7. The molecule has 148 valence electrons. The fourth-order valence-corrected chi connectivity index (χ4v) is 3.90. The maximum atomic E-state index is 13.2. The van der Waals surface area contributed by atoms with Crippen LogP contribution in [0.25, 0.3) is 11.0 Å². The highest BCUT2D eigenvalue weighted by Gasteiger charge is 2.14. The van der Waals surface area contributed by atoms with E-state index in [1.54, 1.807) is 36.4 Å². The van der Waals surface area contributed by atoms with Gasteiger partial charge in [-0.05, 0) is 48.0 Å². The molecule has 0 fully saturated rings. The molecule has 1 amide bonds. The molecular weight excluding hydrogens is 399 g/mol. The third kappa shape index (κ3) is 4.50. The van der Waals surface area contributed by atoms with Crippen molar-refractivity contribution in [3.63, 3.8) is 0 Å². The van der Waals surface area contributed by atoms with Gasteiger partial charge in [-0.15, -0.1) is 0 Å². The van der Waals surface area contributed by atoms with Crippen LogP contribution in [-0.2, 0) is 11.3 Å². The highest BCUT2D eigenvalue weighted by atomic mass is 32.2. The average molecular weight is 416 g/mol. The Morgan fingerprint density at radius 3 is 2.70 bits per heavy atom. The summed E-state index contributed by atoms with van der Waals surface area (Å²) in [6.07, 6.45) is 0. The number of nitrogens with zero attached hydrogens (tertiary/aromatic N) is 3. The molecule has 30 heavy (non-hydrogen) atoms. The predicted octanol–water partition coefficient (Wildman–Crippen LogP) is 4.83. The Hall–Kier alpha value is -3.63. The van der Waals surface area contributed by atoms with Crippen LogP contribution in [0.2, 0.25) is 0 Å². The van der Waals surface area contributed by atoms with E-state index in [1.165, 1.54) is 23.9 Å². The fourth-order valence-electron chi connectivity index (χ4n) is 3.08. The summed E-state index contributed by atoms with van der Waals surface area (Å²) in [4.78, 5) is 17.1. The van der Waals surface area contributed by atoms with E-state index in [0.717, 1.165) is 16.6 Å². The van der Waals surface area contributed by atoms with Crippen LogP contribution < -0.4 is 5.32 Å². The van der Waals surface area contributed by atoms with Crippen LogP contribution in [0.15, 0.2) is 78.0 Å². The molecule has 1 aromatic heterocycles. The van der Waals surface area contributed by atoms with E-state index in [4.69, 9.17) is 5.26 Å². The van der Waals surface area contributed by atoms with Gasteiger partial charge in [0.25, 0.3) is 0 Å². The lowest BCUT2D eigenvalue weighted by Gasteiger charge is -2.10. The van der Waals surface area contributed by atoms with Crippen LogP contribution in [0, 0.1) is 17.1 Å². The Balaban J connectivity index is 1.52. The van der Waals surface area contributed by atoms with Gasteiger partial charge in [-0.2, -0.15) is 5.26 Å². The number of fused-ring (bicyclic) bond motifs is 1. The van der Waals surface area contributed by atoms with E-state index >= 15 is 0 Å². The normalized spacial score (nSPS) is 10.7. The van der Waals surface area contributed by atoms with Gasteiger partial charge in [-0.3, -0.25) is 4.79 Å². The number of anilines is 1. The lowest BCUT2D eigenvalue weighted by molar-refractivity contribution is -0.113. The van der Waals surface area contributed by atoms with Crippen LogP contribution in [0.3, 0.4) is 0 Å². The zero-order chi connectivity index (χ0) is 20.9. The Labute approximate surface area is 177 Å². The van der Waals surface area contributed by atoms with Crippen molar-refractivity contribution in [2.45, 2.75) is 11.7 Å². The molecule has 0 radical (unpaired) electrons. The molecule has 0 saturated carbocycles. The van der Waals surface area contributed by atoms with E-state index < -0.39 is 0 Å². The number of carbonyl (C=O) groups excluding carboxylic acids is 1. The van der Waals surface area contributed by atoms with Crippen molar-refractivity contribution in [2.24, 2.45) is 0 Å². The summed E-state index contributed by atoms with van der Waals surface area (Å²) < 4.78 is 15.3. The third-order valence-corrected chi connectivity index (χ3v) is 5.46. The third-order valence-electron chi connectivity index (χ3n) is 4.48. The number of aromatic nitrogens is 2. The van der Waals surface area contributed by atoms with E-state index in [9.17, 15) is 9.18 Å². The molecule has 0 aliphatic carbocycles. The molecule has 0 bridgehead atoms. The lowest BCUT2D eigenvalue weighted by atomic mass is 10.2. The first kappa shape index (κ1) is 19.7. The Bertz CT molecular complexity index is 1240. The van der Waals surface area contributed by atoms with E-state index in [2.05, 4.69) is 16.4 Å². The largest absolute Gasteiger partial charge is 0.325 e. The van der Waals surface area contributed by atoms with Gasteiger partial charge < -0.3 is 9.88 Å². The molecule has 0 aliphatic rings. The van der Waals surface area contributed by atoms with Gasteiger partial charge in [-0.25, -0.2) is 9.37 Å². The second-order valence-electron chi connectivity index (χ2n) is 6.63. The number of nitriles is 1. The molecule has 0 atom stereocenters. The molecule has 0 aliphatic heterocycles. The summed E-state index contributed by atoms with van der Waals surface area (Å²) in [5.74, 6) is -0.291. The zero-order valence-electron chi connectivity index (χ0n) is 15.9. The Morgan fingerprint density at radius 2 is 1.90 bits per heavy atom. The van der Waals surface area contributed by atoms with Crippen molar-refractivity contribution in [1.29, 1.82) is 5.26 Å². The van der Waals surface area contributed by atoms with E-state index in [1.807, 2.05) is 28.8 Å². The first-order chi connectivity index (χ1) is 14.6. The molecule has 1 N–H and O–H groups in total. The molecule has 4 rings (SSSR count). The van der Waals surface area contributed by atoms with Crippen LogP contribution in [0.4, 0.5) is 10.1 Å². The molecular formula is C23H17FN4OS. The lowest BCUT2D eigenvalue weighted by Crippen LogP contribution is -2.14. The highest BCUT2D eigenvalue weighted by Crippen LogP contribution is 2.25. The second kappa shape index (κ2) is 8.80. The Kier molecular flexibility index (Phi) is 5.77. The van der Waals surface area contributed by atoms with E-state index in [0.29, 0.717) is 23.0 Å². The minimum atomic E-state index is -0.277. The number of para-hydroxylation sites is 2. The molecule has 1 heterocycles. The van der Waals surface area contributed by atoms with Gasteiger partial charge in [0, 0.05) is 5.69 Å². The van der Waals surface area contributed by atoms with Crippen LogP contribution in [0.1, 0.15) is 11.1 Å². The van der Waals surface area contributed by atoms with Gasteiger partial charge in [0.2, 0.25) is 5.91 Å². The summed E-state index contributed by atoms with van der Waals surface area (Å²) in [6.45, 7) is 0.523. The van der Waals surface area contributed by atoms with Gasteiger partial charge in [0.05, 0.1) is 35.0 Å². The van der Waals surface area contributed by atoms with E-state index in [-0.39, 0.29) is 17.5 Å². The topological polar surface area (TPSA) is 70.7 Å². The molecule has 0 unspecified atom stereocenters. The van der Waals surface area contributed by atoms with Crippen molar-refractivity contribution in [3.8, 4) is 6.07 Å². The number of imidazole rings is 1. The molecule has 3 aromatic carbocycles. The first-order valence-electron chi connectivity index (χ1n) is 9.25. The van der Waals surface area contributed by atoms with Gasteiger partial charge in [0.15, 0.2) is 5.16 Å². The number of amides is 1. The summed E-state index contributed by atoms with van der Waals surface area (Å²) in [5.41, 5.74) is 3.80. The standard InChI is InChI=1S/C23H17FN4OS/c24-18-10-8-16(9-11-18)14-28-21-7-2-1-6-20(21)27-23(28)30-15-22(29)26-19-5-3-4-17(12-19)13-25/h1-12H,14-15H2,(H,26,29). The summed E-state index contributed by atoms with van der Waals surface area (Å²) in [5, 5.41) is 12.5. The van der Waals surface area contributed by atoms with Crippen LogP contribution in [-0.4, -0.2) is 21.2 Å². The number of carbonyl (C=O) groups is 1. The average Bonchev–Trinajstić information content (AvgIpc) is 3.11. The number of nitrogens with one attached hydrogen (secondary N) is 1. The number of benzene rings is 3. The number of hydrogen-bond acceptors (Lipinski definition) is 4. The quantitative estimate of drug-likeness (QED) is 0.457. The molecule has 0 saturated heterocycles. The van der Waals surface area contributed by atoms with Gasteiger partial charge >= 0.3 is 0 Å². The number of hydrogen-bond donors (Lipinski definition) is 1. The van der Waals surface area contributed by atoms with Crippen molar-refractivity contribution < 1.29 is 9.18 Å². The SMILES string of the molecule is N#Cc1cccc(NC(=O)CSc2nc3ccccc3n2Cc2ccc(F)cc2)c1. The summed E-state index contributed by atoms with van der Waals surface area (Å²) in [6, 6.07) is 22.9. The maximum absolute atomic E-state index is 13.2. The minimum Gasteiger partial charge on any atom is -0.325 e. The molecule has 0 spiro atoms. The van der Waals surface area contributed by atoms with Crippen molar-refractivity contribution in [2.75, 3.05) is 11.1 Å². The first-order valence-corrected chi connectivity index (χ1v) is 10.2. The second-order valence-corrected chi connectivity index (χ2v) is 7.57. The number of thioether (sulfide) groups is 1. The summed E-state index contributed by atoms with van der Waals surface area (Å²) >= 11 is 1.33. The predicted molar refractivity (Wildman–Crippen MR) is 116 cm³/mol. The van der Waals surface area contributed by atoms with Crippen molar-refractivity contribution in [1.82, 2.24) is 9.55 Å². The fraction of sp³-hybridized carbons (Fsp3) is 0.0870. The summed E-state index contributed by atoms with van der Waals surface area (Å²) in [7, 11) is 0. The van der Waals surface area contributed by atoms with Gasteiger partial charge in [-0.1, -0.05) is 42.1 Å². The van der Waals surface area contributed by atoms with Crippen LogP contribution >= 0.6 is 11.8 Å². The highest BCUT2D eigenvalue weighted by molar-refractivity contribution is 7.99. The van der Waals surface area contributed by atoms with Gasteiger partial charge in [0.1, 0.15) is 5.82 Å². The number of halogens is 1. The monoisotopic (exact) mass is 416 g/mol.